The molecule has 0 bridgehead atoms. The van der Waals surface area contributed by atoms with Gasteiger partial charge in [-0.3, -0.25) is 4.79 Å². The number of hydrogen-bond donors (Lipinski definition) is 2. The Kier molecular flexibility index (Phi) is 5.90. The highest BCUT2D eigenvalue weighted by Crippen LogP contribution is 2.20. The van der Waals surface area contributed by atoms with Crippen LogP contribution in [0.25, 0.3) is 0 Å². The average molecular weight is 367 g/mol. The first-order valence-electron chi connectivity index (χ1n) is 9.04. The highest BCUT2D eigenvalue weighted by Gasteiger charge is 2.18. The van der Waals surface area contributed by atoms with Crippen molar-refractivity contribution in [3.8, 4) is 5.75 Å². The molecule has 0 radical (unpaired) electrons. The van der Waals surface area contributed by atoms with Crippen molar-refractivity contribution in [2.45, 2.75) is 19.8 Å². The van der Waals surface area contributed by atoms with Crippen molar-refractivity contribution in [2.75, 3.05) is 36.1 Å². The minimum absolute atomic E-state index is 0.171. The van der Waals surface area contributed by atoms with Crippen LogP contribution in [0.4, 0.5) is 17.5 Å². The molecule has 27 heavy (non-hydrogen) atoms. The fraction of sp³-hybridized carbons (Fsp3) is 0.350. The number of anilines is 3. The fourth-order valence-electron chi connectivity index (χ4n) is 2.99. The second-order valence-corrected chi connectivity index (χ2v) is 6.71. The molecule has 0 saturated carbocycles. The third-order valence-electron chi connectivity index (χ3n) is 4.53. The molecule has 3 N–H and O–H groups in total. The third-order valence-corrected chi connectivity index (χ3v) is 4.53. The zero-order chi connectivity index (χ0) is 19.2. The number of ether oxygens (including phenoxy) is 1. The van der Waals surface area contributed by atoms with Gasteiger partial charge in [0.05, 0.1) is 7.11 Å². The molecule has 0 saturated heterocycles. The van der Waals surface area contributed by atoms with Crippen LogP contribution < -0.4 is 20.7 Å². The number of allylic oxidation sites excluding steroid dienone is 1. The van der Waals surface area contributed by atoms with Crippen molar-refractivity contribution in [3.63, 3.8) is 0 Å². The quantitative estimate of drug-likeness (QED) is 0.807. The van der Waals surface area contributed by atoms with E-state index in [0.29, 0.717) is 17.6 Å². The van der Waals surface area contributed by atoms with E-state index < -0.39 is 0 Å². The lowest BCUT2D eigenvalue weighted by Gasteiger charge is -2.26. The van der Waals surface area contributed by atoms with Crippen molar-refractivity contribution >= 4 is 23.4 Å². The number of nitrogens with zero attached hydrogens (tertiary/aromatic N) is 3. The molecule has 0 spiro atoms. The lowest BCUT2D eigenvalue weighted by atomic mass is 10.0. The Hall–Kier alpha value is -3.09. The molecule has 0 fully saturated rings. The van der Waals surface area contributed by atoms with Crippen LogP contribution in [0.2, 0.25) is 0 Å². The zero-order valence-electron chi connectivity index (χ0n) is 15.7. The predicted molar refractivity (Wildman–Crippen MR) is 107 cm³/mol. The van der Waals surface area contributed by atoms with Crippen molar-refractivity contribution in [1.82, 2.24) is 9.97 Å². The van der Waals surface area contributed by atoms with Gasteiger partial charge in [0.2, 0.25) is 5.95 Å². The van der Waals surface area contributed by atoms with Crippen molar-refractivity contribution in [1.29, 1.82) is 0 Å². The molecule has 1 aromatic heterocycles. The highest BCUT2D eigenvalue weighted by molar-refractivity contribution is 6.07. The number of nitrogens with two attached hydrogens (primary N) is 1. The number of methoxy groups -OCH3 is 1. The van der Waals surface area contributed by atoms with Crippen LogP contribution in [-0.2, 0) is 0 Å². The molecule has 1 atom stereocenters. The van der Waals surface area contributed by atoms with Gasteiger partial charge in [-0.05, 0) is 43.0 Å². The molecule has 1 aromatic carbocycles. The maximum absolute atomic E-state index is 12.5. The first kappa shape index (κ1) is 18.7. The number of nitrogens with one attached hydrogen (secondary N) is 1. The fourth-order valence-corrected chi connectivity index (χ4v) is 2.99. The molecule has 2 aromatic rings. The van der Waals surface area contributed by atoms with E-state index in [2.05, 4.69) is 39.3 Å². The Labute approximate surface area is 159 Å². The van der Waals surface area contributed by atoms with Crippen LogP contribution in [0, 0.1) is 5.92 Å². The van der Waals surface area contributed by atoms with Gasteiger partial charge in [0.25, 0.3) is 5.91 Å². The summed E-state index contributed by atoms with van der Waals surface area (Å²) in [7, 11) is 1.59. The van der Waals surface area contributed by atoms with E-state index in [1.54, 1.807) is 31.4 Å². The van der Waals surface area contributed by atoms with Gasteiger partial charge in [0.15, 0.2) is 0 Å². The molecular formula is C20H25N5O2. The summed E-state index contributed by atoms with van der Waals surface area (Å²) >= 11 is 0. The highest BCUT2D eigenvalue weighted by atomic mass is 16.5. The monoisotopic (exact) mass is 367 g/mol. The number of rotatable bonds is 4. The van der Waals surface area contributed by atoms with Crippen LogP contribution in [0.5, 0.6) is 5.75 Å². The predicted octanol–water partition coefficient (Wildman–Crippen LogP) is 3.11. The standard InChI is InChI=1S/C20H25N5O2/c1-14-6-4-3-5-11-25(13-14)20-22-12-17(18(21)24-20)19(26)23-15-7-9-16(27-2)10-8-15/h3,5,7-10,12,14H,4,6,11,13H2,1-2H3,(H,23,26)(H2,21,22,24)/b5-3-. The van der Waals surface area contributed by atoms with Gasteiger partial charge < -0.3 is 20.7 Å². The Morgan fingerprint density at radius 3 is 2.78 bits per heavy atom. The molecule has 1 aliphatic rings. The van der Waals surface area contributed by atoms with E-state index >= 15 is 0 Å². The summed E-state index contributed by atoms with van der Waals surface area (Å²) in [5.74, 6) is 1.64. The summed E-state index contributed by atoms with van der Waals surface area (Å²) < 4.78 is 5.11. The summed E-state index contributed by atoms with van der Waals surface area (Å²) in [6.45, 7) is 3.81. The maximum Gasteiger partial charge on any atom is 0.260 e. The van der Waals surface area contributed by atoms with Crippen molar-refractivity contribution in [3.05, 3.63) is 48.2 Å². The van der Waals surface area contributed by atoms with E-state index in [9.17, 15) is 4.79 Å². The first-order chi connectivity index (χ1) is 13.1. The zero-order valence-corrected chi connectivity index (χ0v) is 15.7. The maximum atomic E-state index is 12.5. The second kappa shape index (κ2) is 8.53. The van der Waals surface area contributed by atoms with E-state index in [-0.39, 0.29) is 17.3 Å². The van der Waals surface area contributed by atoms with Crippen LogP contribution in [0.15, 0.2) is 42.6 Å². The van der Waals surface area contributed by atoms with Crippen LogP contribution in [0.3, 0.4) is 0 Å². The number of benzene rings is 1. The topological polar surface area (TPSA) is 93.4 Å². The van der Waals surface area contributed by atoms with Gasteiger partial charge in [-0.15, -0.1) is 0 Å². The third kappa shape index (κ3) is 4.75. The largest absolute Gasteiger partial charge is 0.497 e. The number of nitrogen functional groups attached to an aromatic ring is 1. The van der Waals surface area contributed by atoms with Crippen LogP contribution in [0.1, 0.15) is 30.1 Å². The molecule has 7 heteroatoms. The molecule has 1 amide bonds. The molecule has 2 heterocycles. The number of amides is 1. The van der Waals surface area contributed by atoms with Gasteiger partial charge in [-0.2, -0.15) is 4.98 Å². The van der Waals surface area contributed by atoms with E-state index in [1.807, 2.05) is 0 Å². The molecule has 0 aliphatic carbocycles. The minimum atomic E-state index is -0.342. The Morgan fingerprint density at radius 1 is 1.30 bits per heavy atom. The smallest absolute Gasteiger partial charge is 0.260 e. The molecule has 1 unspecified atom stereocenters. The van der Waals surface area contributed by atoms with Gasteiger partial charge in [-0.1, -0.05) is 19.1 Å². The Bertz CT molecular complexity index is 820. The Morgan fingerprint density at radius 2 is 2.07 bits per heavy atom. The van der Waals surface area contributed by atoms with E-state index in [4.69, 9.17) is 10.5 Å². The van der Waals surface area contributed by atoms with Gasteiger partial charge in [0.1, 0.15) is 17.1 Å². The van der Waals surface area contributed by atoms with Gasteiger partial charge >= 0.3 is 0 Å². The normalized spacial score (nSPS) is 18.3. The number of carbonyl (C=O) groups excluding carboxylic acids is 1. The number of aromatic nitrogens is 2. The average Bonchev–Trinajstić information content (AvgIpc) is 2.65. The van der Waals surface area contributed by atoms with E-state index in [0.717, 1.165) is 31.7 Å². The first-order valence-corrected chi connectivity index (χ1v) is 9.04. The molecular weight excluding hydrogens is 342 g/mol. The lowest BCUT2D eigenvalue weighted by Crippen LogP contribution is -2.31. The number of hydrogen-bond acceptors (Lipinski definition) is 6. The summed E-state index contributed by atoms with van der Waals surface area (Å²) in [6, 6.07) is 7.07. The Balaban J connectivity index is 1.74. The van der Waals surface area contributed by atoms with Crippen LogP contribution in [-0.4, -0.2) is 36.1 Å². The number of carbonyl (C=O) groups is 1. The minimum Gasteiger partial charge on any atom is -0.497 e. The van der Waals surface area contributed by atoms with Gasteiger partial charge in [0, 0.05) is 25.0 Å². The van der Waals surface area contributed by atoms with Gasteiger partial charge in [-0.25, -0.2) is 4.98 Å². The second-order valence-electron chi connectivity index (χ2n) is 6.71. The summed E-state index contributed by atoms with van der Waals surface area (Å²) in [5.41, 5.74) is 6.96. The van der Waals surface area contributed by atoms with Crippen LogP contribution >= 0.6 is 0 Å². The lowest BCUT2D eigenvalue weighted by molar-refractivity contribution is 0.102. The molecule has 7 nitrogen and oxygen atoms in total. The molecule has 142 valence electrons. The van der Waals surface area contributed by atoms with Crippen molar-refractivity contribution in [2.24, 2.45) is 5.92 Å². The van der Waals surface area contributed by atoms with E-state index in [1.165, 1.54) is 6.20 Å². The molecule has 1 aliphatic heterocycles. The summed E-state index contributed by atoms with van der Waals surface area (Å²) in [5, 5.41) is 2.80. The summed E-state index contributed by atoms with van der Waals surface area (Å²) in [6.07, 6.45) is 8.02. The van der Waals surface area contributed by atoms with Crippen molar-refractivity contribution < 1.29 is 9.53 Å². The summed E-state index contributed by atoms with van der Waals surface area (Å²) in [4.78, 5) is 23.3. The SMILES string of the molecule is COc1ccc(NC(=O)c2cnc(N3C/C=C\CCC(C)C3)nc2N)cc1. The molecule has 3 rings (SSSR count).